The lowest BCUT2D eigenvalue weighted by Crippen LogP contribution is -2.32. The Kier molecular flexibility index (Phi) is 3.99. The highest BCUT2D eigenvalue weighted by atomic mass is 16.5. The molecule has 31 heavy (non-hydrogen) atoms. The average molecular weight is 409 g/mol. The van der Waals surface area contributed by atoms with E-state index < -0.39 is 0 Å². The fourth-order valence-electron chi connectivity index (χ4n) is 4.33. The van der Waals surface area contributed by atoms with Gasteiger partial charge in [0.2, 0.25) is 5.95 Å². The molecule has 0 radical (unpaired) electrons. The van der Waals surface area contributed by atoms with Crippen molar-refractivity contribution in [2.24, 2.45) is 0 Å². The number of ether oxygens (including phenoxy) is 2. The van der Waals surface area contributed by atoms with Crippen LogP contribution in [0.4, 0.5) is 5.95 Å². The number of hydrogen-bond donors (Lipinski definition) is 1. The average Bonchev–Trinajstić information content (AvgIpc) is 3.31. The van der Waals surface area contributed by atoms with Crippen molar-refractivity contribution in [3.8, 4) is 11.5 Å². The van der Waals surface area contributed by atoms with Crippen molar-refractivity contribution in [1.29, 1.82) is 0 Å². The van der Waals surface area contributed by atoms with Gasteiger partial charge in [-0.05, 0) is 41.5 Å². The molecular formula is C24H19N5O2. The number of benzene rings is 2. The minimum absolute atomic E-state index is 0.206. The molecule has 2 atom stereocenters. The maximum atomic E-state index is 6.58. The summed E-state index contributed by atoms with van der Waals surface area (Å²) in [6, 6.07) is 19.8. The second-order valence-corrected chi connectivity index (χ2v) is 7.44. The predicted molar refractivity (Wildman–Crippen MR) is 116 cm³/mol. The third kappa shape index (κ3) is 2.78. The molecule has 4 aromatic rings. The Bertz CT molecular complexity index is 1280. The van der Waals surface area contributed by atoms with Crippen molar-refractivity contribution in [1.82, 2.24) is 19.7 Å². The van der Waals surface area contributed by atoms with Gasteiger partial charge in [0.15, 0.2) is 0 Å². The molecule has 7 nitrogen and oxygen atoms in total. The molecule has 152 valence electrons. The van der Waals surface area contributed by atoms with Crippen molar-refractivity contribution in [2.45, 2.75) is 12.1 Å². The van der Waals surface area contributed by atoms with E-state index in [1.165, 1.54) is 0 Å². The molecule has 0 saturated carbocycles. The van der Waals surface area contributed by atoms with E-state index in [2.05, 4.69) is 32.5 Å². The monoisotopic (exact) mass is 409 g/mol. The second kappa shape index (κ2) is 6.98. The van der Waals surface area contributed by atoms with E-state index in [1.54, 1.807) is 19.6 Å². The smallest absolute Gasteiger partial charge is 0.226 e. The first-order valence-corrected chi connectivity index (χ1v) is 10.0. The maximum absolute atomic E-state index is 6.58. The number of fused-ring (bicyclic) bond motifs is 3. The summed E-state index contributed by atoms with van der Waals surface area (Å²) in [5, 5.41) is 8.02. The summed E-state index contributed by atoms with van der Waals surface area (Å²) >= 11 is 0. The van der Waals surface area contributed by atoms with E-state index in [1.807, 2.05) is 59.4 Å². The van der Waals surface area contributed by atoms with E-state index in [4.69, 9.17) is 9.47 Å². The zero-order valence-corrected chi connectivity index (χ0v) is 16.8. The molecule has 7 heteroatoms. The number of nitrogens with one attached hydrogen (secondary N) is 1. The van der Waals surface area contributed by atoms with Crippen molar-refractivity contribution < 1.29 is 9.47 Å². The van der Waals surface area contributed by atoms with Gasteiger partial charge in [-0.15, -0.1) is 0 Å². The number of pyridine rings is 1. The van der Waals surface area contributed by atoms with Crippen molar-refractivity contribution in [3.63, 3.8) is 0 Å². The lowest BCUT2D eigenvalue weighted by molar-refractivity contribution is 0.223. The first kappa shape index (κ1) is 17.7. The second-order valence-electron chi connectivity index (χ2n) is 7.44. The molecule has 2 aliphatic heterocycles. The van der Waals surface area contributed by atoms with Crippen LogP contribution in [-0.2, 0) is 0 Å². The van der Waals surface area contributed by atoms with Crippen LogP contribution in [0.2, 0.25) is 0 Å². The third-order valence-electron chi connectivity index (χ3n) is 5.74. The van der Waals surface area contributed by atoms with Gasteiger partial charge in [0.25, 0.3) is 0 Å². The minimum Gasteiger partial charge on any atom is -0.497 e. The number of para-hydroxylation sites is 1. The molecule has 0 unspecified atom stereocenters. The van der Waals surface area contributed by atoms with Crippen LogP contribution in [0.3, 0.4) is 0 Å². The summed E-state index contributed by atoms with van der Waals surface area (Å²) in [6.07, 6.45) is 4.90. The first-order valence-electron chi connectivity index (χ1n) is 10.0. The van der Waals surface area contributed by atoms with Gasteiger partial charge in [-0.25, -0.2) is 4.68 Å². The molecule has 0 bridgehead atoms. The molecule has 0 saturated heterocycles. The summed E-state index contributed by atoms with van der Waals surface area (Å²) in [5.74, 6) is 2.32. The van der Waals surface area contributed by atoms with Gasteiger partial charge in [0.05, 0.1) is 12.8 Å². The van der Waals surface area contributed by atoms with E-state index >= 15 is 0 Å². The lowest BCUT2D eigenvalue weighted by atomic mass is 9.85. The Morgan fingerprint density at radius 3 is 2.68 bits per heavy atom. The summed E-state index contributed by atoms with van der Waals surface area (Å²) in [6.45, 7) is 0. The third-order valence-corrected chi connectivity index (χ3v) is 5.74. The molecular weight excluding hydrogens is 390 g/mol. The Morgan fingerprint density at radius 1 is 1.00 bits per heavy atom. The van der Waals surface area contributed by atoms with Crippen LogP contribution in [0.25, 0.3) is 5.70 Å². The van der Waals surface area contributed by atoms with E-state index in [9.17, 15) is 0 Å². The lowest BCUT2D eigenvalue weighted by Gasteiger charge is -2.38. The van der Waals surface area contributed by atoms with Gasteiger partial charge >= 0.3 is 0 Å². The highest BCUT2D eigenvalue weighted by Gasteiger charge is 2.40. The van der Waals surface area contributed by atoms with Gasteiger partial charge < -0.3 is 14.8 Å². The van der Waals surface area contributed by atoms with Crippen molar-refractivity contribution >= 4 is 11.6 Å². The molecule has 1 N–H and O–H groups in total. The normalized spacial score (nSPS) is 18.9. The Labute approximate surface area is 179 Å². The molecule has 0 fully saturated rings. The van der Waals surface area contributed by atoms with Gasteiger partial charge in [-0.2, -0.15) is 10.1 Å². The van der Waals surface area contributed by atoms with Crippen LogP contribution < -0.4 is 14.8 Å². The van der Waals surface area contributed by atoms with Crippen molar-refractivity contribution in [3.05, 3.63) is 102 Å². The fourth-order valence-corrected chi connectivity index (χ4v) is 4.33. The molecule has 0 spiro atoms. The molecule has 0 amide bonds. The standard InChI is InChI=1S/C24H19N5O2/c1-30-17-10-8-15(9-11-17)23-20-21(18-6-2-3-7-19(18)31-23)28-24-26-14-27-29(24)22(20)16-5-4-12-25-13-16/h2-14,22-23H,1H3,(H,26,27,28)/t22-,23+/m0/s1. The summed E-state index contributed by atoms with van der Waals surface area (Å²) in [7, 11) is 1.67. The van der Waals surface area contributed by atoms with Crippen LogP contribution in [-0.4, -0.2) is 26.9 Å². The maximum Gasteiger partial charge on any atom is 0.226 e. The van der Waals surface area contributed by atoms with E-state index in [0.717, 1.165) is 39.5 Å². The molecule has 6 rings (SSSR count). The molecule has 2 aromatic heterocycles. The van der Waals surface area contributed by atoms with Gasteiger partial charge in [0.1, 0.15) is 30.0 Å². The zero-order valence-electron chi connectivity index (χ0n) is 16.8. The number of hydrogen-bond acceptors (Lipinski definition) is 6. The van der Waals surface area contributed by atoms with Gasteiger partial charge in [0, 0.05) is 23.5 Å². The summed E-state index contributed by atoms with van der Waals surface area (Å²) in [5.41, 5.74) is 5.11. The van der Waals surface area contributed by atoms with Gasteiger partial charge in [-0.3, -0.25) is 4.98 Å². The van der Waals surface area contributed by atoms with Gasteiger partial charge in [-0.1, -0.05) is 30.3 Å². The molecule has 4 heterocycles. The van der Waals surface area contributed by atoms with Crippen LogP contribution in [0.5, 0.6) is 11.5 Å². The largest absolute Gasteiger partial charge is 0.497 e. The highest BCUT2D eigenvalue weighted by Crippen LogP contribution is 2.50. The van der Waals surface area contributed by atoms with Crippen LogP contribution >= 0.6 is 0 Å². The number of rotatable bonds is 3. The van der Waals surface area contributed by atoms with E-state index in [-0.39, 0.29) is 12.1 Å². The molecule has 2 aliphatic rings. The number of nitrogens with zero attached hydrogens (tertiary/aromatic N) is 4. The molecule has 0 aliphatic carbocycles. The Hall–Kier alpha value is -4.13. The predicted octanol–water partition coefficient (Wildman–Crippen LogP) is 4.24. The number of aromatic nitrogens is 4. The topological polar surface area (TPSA) is 74.1 Å². The minimum atomic E-state index is -0.314. The van der Waals surface area contributed by atoms with Crippen LogP contribution in [0, 0.1) is 0 Å². The zero-order chi connectivity index (χ0) is 20.8. The van der Waals surface area contributed by atoms with Crippen molar-refractivity contribution in [2.75, 3.05) is 12.4 Å². The number of methoxy groups -OCH3 is 1. The van der Waals surface area contributed by atoms with Crippen LogP contribution in [0.1, 0.15) is 28.8 Å². The quantitative estimate of drug-likeness (QED) is 0.546. The summed E-state index contributed by atoms with van der Waals surface area (Å²) in [4.78, 5) is 8.80. The number of anilines is 1. The highest BCUT2D eigenvalue weighted by molar-refractivity contribution is 5.85. The first-order chi connectivity index (χ1) is 15.3. The Balaban J connectivity index is 1.60. The summed E-state index contributed by atoms with van der Waals surface area (Å²) < 4.78 is 13.8. The fraction of sp³-hybridized carbons (Fsp3) is 0.125. The SMILES string of the molecule is COc1ccc([C@H]2Oc3ccccc3C3=C2[C@H](c2cccnc2)n2ncnc2N3)cc1. The van der Waals surface area contributed by atoms with Crippen LogP contribution in [0.15, 0.2) is 85.0 Å². The van der Waals surface area contributed by atoms with E-state index in [0.29, 0.717) is 5.95 Å². The Morgan fingerprint density at radius 2 is 1.87 bits per heavy atom. The molecule has 2 aromatic carbocycles.